The molecule has 3 heteroatoms. The summed E-state index contributed by atoms with van der Waals surface area (Å²) in [6, 6.07) is 55.4. The average molecular weight is 540 g/mol. The molecule has 0 bridgehead atoms. The van der Waals surface area contributed by atoms with Gasteiger partial charge in [0.2, 0.25) is 0 Å². The van der Waals surface area contributed by atoms with Crippen LogP contribution in [0.3, 0.4) is 0 Å². The van der Waals surface area contributed by atoms with E-state index in [2.05, 4.69) is 152 Å². The number of hydrogen-bond acceptors (Lipinski definition) is 1. The maximum absolute atomic E-state index is 2.33. The van der Waals surface area contributed by atoms with Gasteiger partial charge in [-0.05, 0) is 0 Å². The molecule has 166 valence electrons. The first-order valence-corrected chi connectivity index (χ1v) is 15.6. The van der Waals surface area contributed by atoms with Crippen LogP contribution in [0.1, 0.15) is 0 Å². The fourth-order valence-electron chi connectivity index (χ4n) is 4.05. The Balaban J connectivity index is 1.91. The molecule has 0 aliphatic heterocycles. The summed E-state index contributed by atoms with van der Waals surface area (Å²) in [7, 11) is 0. The van der Waals surface area contributed by atoms with Gasteiger partial charge in [0.05, 0.1) is 0 Å². The van der Waals surface area contributed by atoms with Crippen molar-refractivity contribution in [3.63, 3.8) is 0 Å². The third-order valence-electron chi connectivity index (χ3n) is 5.60. The van der Waals surface area contributed by atoms with Gasteiger partial charge in [-0.25, -0.2) is 0 Å². The molecule has 0 N–H and O–H groups in total. The molecule has 5 aromatic rings. The zero-order valence-corrected chi connectivity index (χ0v) is 22.1. The molecule has 0 aromatic heterocycles. The van der Waals surface area contributed by atoms with Gasteiger partial charge in [0, 0.05) is 0 Å². The molecular weight excluding hydrogens is 514 g/mol. The van der Waals surface area contributed by atoms with Gasteiger partial charge in [0.1, 0.15) is 0 Å². The standard InChI is InChI=1S/C31H25PSSe/c1-6-16-26(17-7-1)32(27-18-8-2-9-19-27,28-20-10-3-11-21-28)31(33-29-22-12-4-13-23-29)34-30-24-14-5-15-25-30/h1-25H. The van der Waals surface area contributed by atoms with Gasteiger partial charge < -0.3 is 0 Å². The van der Waals surface area contributed by atoms with Crippen LogP contribution >= 0.6 is 18.6 Å². The SMILES string of the molecule is c1ccc(SC([Se]c2ccccc2)=P(c2ccccc2)(c2ccccc2)c2ccccc2)cc1. The third-order valence-corrected chi connectivity index (χ3v) is 15.7. The monoisotopic (exact) mass is 540 g/mol. The maximum atomic E-state index is 2.33. The summed E-state index contributed by atoms with van der Waals surface area (Å²) in [5.74, 6) is 0. The normalized spacial score (nSPS) is 11.2. The van der Waals surface area contributed by atoms with E-state index in [0.717, 1.165) is 0 Å². The molecule has 0 saturated carbocycles. The molecule has 0 aliphatic rings. The van der Waals surface area contributed by atoms with E-state index in [4.69, 9.17) is 0 Å². The van der Waals surface area contributed by atoms with E-state index in [-0.39, 0.29) is 15.0 Å². The predicted molar refractivity (Wildman–Crippen MR) is 154 cm³/mol. The first-order chi connectivity index (χ1) is 16.9. The van der Waals surface area contributed by atoms with E-state index < -0.39 is 6.89 Å². The van der Waals surface area contributed by atoms with Gasteiger partial charge in [0.15, 0.2) is 0 Å². The molecule has 34 heavy (non-hydrogen) atoms. The van der Waals surface area contributed by atoms with E-state index >= 15 is 0 Å². The second-order valence-electron chi connectivity index (χ2n) is 7.77. The summed E-state index contributed by atoms with van der Waals surface area (Å²) in [6.45, 7) is -2.09. The number of hydrogen-bond donors (Lipinski definition) is 0. The first kappa shape index (κ1) is 23.0. The molecule has 0 heterocycles. The Morgan fingerprint density at radius 1 is 0.441 bits per heavy atom. The zero-order chi connectivity index (χ0) is 23.1. The van der Waals surface area contributed by atoms with Gasteiger partial charge in [-0.1, -0.05) is 0 Å². The fraction of sp³-hybridized carbons (Fsp3) is 0. The summed E-state index contributed by atoms with van der Waals surface area (Å²) >= 11 is 2.13. The van der Waals surface area contributed by atoms with E-state index in [1.165, 1.54) is 25.3 Å². The van der Waals surface area contributed by atoms with Crippen LogP contribution in [0, 0.1) is 0 Å². The Bertz CT molecular complexity index is 1220. The third kappa shape index (κ3) is 4.87. The summed E-state index contributed by atoms with van der Waals surface area (Å²) in [5.41, 5.74) is 0. The molecule has 5 aromatic carbocycles. The van der Waals surface area contributed by atoms with Gasteiger partial charge in [-0.2, -0.15) is 0 Å². The van der Waals surface area contributed by atoms with E-state index in [9.17, 15) is 0 Å². The quantitative estimate of drug-likeness (QED) is 0.141. The first-order valence-electron chi connectivity index (χ1n) is 11.3. The van der Waals surface area contributed by atoms with Crippen molar-refractivity contribution in [2.24, 2.45) is 0 Å². The van der Waals surface area contributed by atoms with Crippen LogP contribution in [0.15, 0.2) is 157 Å². The predicted octanol–water partition coefficient (Wildman–Crippen LogP) is 5.89. The van der Waals surface area contributed by atoms with Crippen molar-refractivity contribution in [3.8, 4) is 0 Å². The molecule has 5 rings (SSSR count). The molecule has 0 unspecified atom stereocenters. The number of rotatable bonds is 7. The second-order valence-corrected chi connectivity index (χ2v) is 16.0. The molecule has 0 nitrogen and oxygen atoms in total. The van der Waals surface area contributed by atoms with Crippen LogP contribution in [0.5, 0.6) is 0 Å². The Morgan fingerprint density at radius 3 is 1.21 bits per heavy atom. The molecule has 0 spiro atoms. The summed E-state index contributed by atoms with van der Waals surface area (Å²) in [5, 5.41) is 4.22. The molecule has 0 amide bonds. The summed E-state index contributed by atoms with van der Waals surface area (Å²) < 4.78 is 2.96. The molecule has 0 atom stereocenters. The summed E-state index contributed by atoms with van der Waals surface area (Å²) in [4.78, 5) is 1.29. The van der Waals surface area contributed by atoms with Gasteiger partial charge in [-0.15, -0.1) is 0 Å². The van der Waals surface area contributed by atoms with E-state index in [1.54, 1.807) is 3.52 Å². The van der Waals surface area contributed by atoms with Crippen LogP contribution < -0.4 is 20.4 Å². The van der Waals surface area contributed by atoms with Crippen molar-refractivity contribution in [1.29, 1.82) is 0 Å². The fourth-order valence-corrected chi connectivity index (χ4v) is 15.7. The molecule has 0 radical (unpaired) electrons. The van der Waals surface area contributed by atoms with E-state index in [1.807, 2.05) is 11.8 Å². The number of thioether (sulfide) groups is 1. The Kier molecular flexibility index (Phi) is 7.54. The number of benzene rings is 5. The van der Waals surface area contributed by atoms with Gasteiger partial charge in [-0.3, -0.25) is 0 Å². The average Bonchev–Trinajstić information content (AvgIpc) is 2.92. The van der Waals surface area contributed by atoms with Crippen molar-refractivity contribution in [3.05, 3.63) is 152 Å². The Labute approximate surface area is 213 Å². The van der Waals surface area contributed by atoms with Crippen LogP contribution in [0.2, 0.25) is 0 Å². The van der Waals surface area contributed by atoms with Crippen molar-refractivity contribution in [1.82, 2.24) is 0 Å². The van der Waals surface area contributed by atoms with E-state index in [0.29, 0.717) is 0 Å². The summed E-state index contributed by atoms with van der Waals surface area (Å²) in [6.07, 6.45) is 0. The minimum atomic E-state index is -2.09. The minimum absolute atomic E-state index is 0.164. The molecule has 0 aliphatic carbocycles. The van der Waals surface area contributed by atoms with Crippen LogP contribution in [0.25, 0.3) is 0 Å². The zero-order valence-electron chi connectivity index (χ0n) is 18.7. The van der Waals surface area contributed by atoms with Crippen LogP contribution in [0.4, 0.5) is 0 Å². The van der Waals surface area contributed by atoms with Crippen molar-refractivity contribution in [2.75, 3.05) is 0 Å². The molecular formula is C31H25PSSe. The molecule has 0 saturated heterocycles. The van der Waals surface area contributed by atoms with Crippen molar-refractivity contribution >= 4 is 57.5 Å². The van der Waals surface area contributed by atoms with Gasteiger partial charge in [0.25, 0.3) is 0 Å². The van der Waals surface area contributed by atoms with Crippen molar-refractivity contribution in [2.45, 2.75) is 4.90 Å². The van der Waals surface area contributed by atoms with Crippen LogP contribution in [-0.4, -0.2) is 18.5 Å². The second kappa shape index (κ2) is 11.1. The van der Waals surface area contributed by atoms with Gasteiger partial charge >= 0.3 is 214 Å². The Morgan fingerprint density at radius 2 is 0.794 bits per heavy atom. The topological polar surface area (TPSA) is 0 Å². The van der Waals surface area contributed by atoms with Crippen LogP contribution in [-0.2, 0) is 0 Å². The Hall–Kier alpha value is -2.73. The molecule has 0 fully saturated rings. The van der Waals surface area contributed by atoms with Crippen molar-refractivity contribution < 1.29 is 0 Å².